The first-order chi connectivity index (χ1) is 13.0. The number of carbonyl (C=O) groups is 1. The topological polar surface area (TPSA) is 70.8 Å². The van der Waals surface area contributed by atoms with Crippen LogP contribution < -0.4 is 15.2 Å². The molecule has 1 rings (SSSR count). The predicted octanol–water partition coefficient (Wildman–Crippen LogP) is 4.36. The Morgan fingerprint density at radius 1 is 1.00 bits per heavy atom. The maximum Gasteiger partial charge on any atom is 0.220 e. The van der Waals surface area contributed by atoms with Crippen LogP contribution in [0.2, 0.25) is 0 Å². The monoisotopic (exact) mass is 379 g/mol. The molecule has 1 unspecified atom stereocenters. The molecule has 1 atom stereocenters. The molecule has 0 fully saturated rings. The molecule has 1 aromatic rings. The number of ether oxygens (including phenoxy) is 3. The lowest BCUT2D eigenvalue weighted by Gasteiger charge is -2.16. The highest BCUT2D eigenvalue weighted by Crippen LogP contribution is 2.29. The van der Waals surface area contributed by atoms with Gasteiger partial charge in [0, 0.05) is 26.1 Å². The fourth-order valence-electron chi connectivity index (χ4n) is 3.23. The van der Waals surface area contributed by atoms with Gasteiger partial charge < -0.3 is 19.9 Å². The van der Waals surface area contributed by atoms with E-state index < -0.39 is 0 Å². The second-order valence-electron chi connectivity index (χ2n) is 7.39. The Hall–Kier alpha value is -1.75. The van der Waals surface area contributed by atoms with Gasteiger partial charge in [0.25, 0.3) is 0 Å². The third-order valence-electron chi connectivity index (χ3n) is 4.88. The van der Waals surface area contributed by atoms with Gasteiger partial charge in [-0.1, -0.05) is 39.2 Å². The highest BCUT2D eigenvalue weighted by Gasteiger charge is 2.18. The van der Waals surface area contributed by atoms with E-state index in [2.05, 4.69) is 26.0 Å². The maximum atomic E-state index is 11.4. The zero-order valence-corrected chi connectivity index (χ0v) is 17.5. The molecule has 5 nitrogen and oxygen atoms in total. The van der Waals surface area contributed by atoms with Crippen molar-refractivity contribution >= 4 is 5.91 Å². The second kappa shape index (κ2) is 13.4. The van der Waals surface area contributed by atoms with Gasteiger partial charge >= 0.3 is 0 Å². The number of rotatable bonds is 15. The van der Waals surface area contributed by atoms with Crippen LogP contribution in [0, 0.1) is 11.8 Å². The maximum absolute atomic E-state index is 11.4. The predicted molar refractivity (Wildman–Crippen MR) is 109 cm³/mol. The van der Waals surface area contributed by atoms with Crippen LogP contribution in [0.4, 0.5) is 0 Å². The number of carbonyl (C=O) groups excluding carboxylic acids is 1. The third kappa shape index (κ3) is 9.14. The van der Waals surface area contributed by atoms with Gasteiger partial charge in [-0.3, -0.25) is 4.79 Å². The molecule has 0 bridgehead atoms. The van der Waals surface area contributed by atoms with Crippen LogP contribution in [0.3, 0.4) is 0 Å². The van der Waals surface area contributed by atoms with Crippen molar-refractivity contribution in [2.75, 3.05) is 27.4 Å². The number of aryl methyl sites for hydroxylation is 1. The number of methoxy groups -OCH3 is 2. The molecular weight excluding hydrogens is 342 g/mol. The van der Waals surface area contributed by atoms with Gasteiger partial charge in [-0.2, -0.15) is 0 Å². The van der Waals surface area contributed by atoms with Gasteiger partial charge in [-0.05, 0) is 42.9 Å². The Morgan fingerprint density at radius 2 is 1.74 bits per heavy atom. The van der Waals surface area contributed by atoms with Gasteiger partial charge in [-0.25, -0.2) is 0 Å². The average Bonchev–Trinajstić information content (AvgIpc) is 2.64. The Balaban J connectivity index is 2.36. The molecule has 1 amide bonds. The smallest absolute Gasteiger partial charge is 0.220 e. The number of amides is 1. The average molecular weight is 380 g/mol. The number of hydrogen-bond donors (Lipinski definition) is 1. The number of benzene rings is 1. The van der Waals surface area contributed by atoms with Crippen molar-refractivity contribution in [3.05, 3.63) is 23.8 Å². The van der Waals surface area contributed by atoms with E-state index in [1.54, 1.807) is 14.2 Å². The van der Waals surface area contributed by atoms with Crippen molar-refractivity contribution in [3.8, 4) is 11.5 Å². The van der Waals surface area contributed by atoms with Crippen LogP contribution in [0.25, 0.3) is 0 Å². The Kier molecular flexibility index (Phi) is 11.6. The summed E-state index contributed by atoms with van der Waals surface area (Å²) >= 11 is 0. The number of nitrogens with two attached hydrogens (primary N) is 1. The molecule has 2 N–H and O–H groups in total. The minimum atomic E-state index is -0.165. The molecule has 0 aliphatic heterocycles. The van der Waals surface area contributed by atoms with E-state index in [-0.39, 0.29) is 11.8 Å². The van der Waals surface area contributed by atoms with Gasteiger partial charge in [0.2, 0.25) is 5.91 Å². The van der Waals surface area contributed by atoms with Crippen LogP contribution in [0.5, 0.6) is 11.5 Å². The Morgan fingerprint density at radius 3 is 2.37 bits per heavy atom. The summed E-state index contributed by atoms with van der Waals surface area (Å²) in [5.41, 5.74) is 6.73. The summed E-state index contributed by atoms with van der Waals surface area (Å²) in [6.45, 7) is 5.43. The van der Waals surface area contributed by atoms with Gasteiger partial charge in [0.1, 0.15) is 0 Å². The van der Waals surface area contributed by atoms with Gasteiger partial charge in [-0.15, -0.1) is 0 Å². The van der Waals surface area contributed by atoms with Crippen molar-refractivity contribution in [2.45, 2.75) is 58.8 Å². The van der Waals surface area contributed by atoms with Crippen molar-refractivity contribution in [3.63, 3.8) is 0 Å². The normalized spacial score (nSPS) is 12.2. The molecule has 1 aromatic carbocycles. The Labute approximate surface area is 164 Å². The lowest BCUT2D eigenvalue weighted by Crippen LogP contribution is -2.27. The lowest BCUT2D eigenvalue weighted by molar-refractivity contribution is -0.123. The van der Waals surface area contributed by atoms with Crippen LogP contribution in [-0.2, 0) is 16.0 Å². The molecular formula is C22H37NO4. The Bertz CT molecular complexity index is 545. The molecule has 0 aliphatic rings. The molecule has 5 heteroatoms. The number of primary amides is 1. The lowest BCUT2D eigenvalue weighted by atomic mass is 9.89. The summed E-state index contributed by atoms with van der Waals surface area (Å²) in [6, 6.07) is 6.15. The fraction of sp³-hybridized carbons (Fsp3) is 0.682. The molecule has 0 saturated heterocycles. The molecule has 154 valence electrons. The quantitative estimate of drug-likeness (QED) is 0.460. The largest absolute Gasteiger partial charge is 0.493 e. The summed E-state index contributed by atoms with van der Waals surface area (Å²) in [5.74, 6) is 1.73. The SMILES string of the molecule is COCCCOc1cc(CCCCCCC(C(N)=O)C(C)C)ccc1OC. The summed E-state index contributed by atoms with van der Waals surface area (Å²) in [6.07, 6.45) is 7.23. The number of unbranched alkanes of at least 4 members (excludes halogenated alkanes) is 3. The fourth-order valence-corrected chi connectivity index (χ4v) is 3.23. The summed E-state index contributed by atoms with van der Waals surface area (Å²) in [4.78, 5) is 11.4. The summed E-state index contributed by atoms with van der Waals surface area (Å²) < 4.78 is 16.3. The van der Waals surface area contributed by atoms with Gasteiger partial charge in [0.05, 0.1) is 13.7 Å². The molecule has 27 heavy (non-hydrogen) atoms. The van der Waals surface area contributed by atoms with Crippen molar-refractivity contribution in [1.82, 2.24) is 0 Å². The van der Waals surface area contributed by atoms with Crippen LogP contribution >= 0.6 is 0 Å². The zero-order valence-electron chi connectivity index (χ0n) is 17.5. The first-order valence-electron chi connectivity index (χ1n) is 10.1. The molecule has 0 saturated carbocycles. The van der Waals surface area contributed by atoms with Crippen molar-refractivity contribution in [2.24, 2.45) is 17.6 Å². The van der Waals surface area contributed by atoms with Crippen LogP contribution in [-0.4, -0.2) is 33.3 Å². The van der Waals surface area contributed by atoms with Crippen LogP contribution in [0.15, 0.2) is 18.2 Å². The van der Waals surface area contributed by atoms with E-state index >= 15 is 0 Å². The third-order valence-corrected chi connectivity index (χ3v) is 4.88. The van der Waals surface area contributed by atoms with Crippen molar-refractivity contribution in [1.29, 1.82) is 0 Å². The highest BCUT2D eigenvalue weighted by molar-refractivity contribution is 5.76. The minimum Gasteiger partial charge on any atom is -0.493 e. The zero-order chi connectivity index (χ0) is 20.1. The number of hydrogen-bond acceptors (Lipinski definition) is 4. The molecule has 0 radical (unpaired) electrons. The summed E-state index contributed by atoms with van der Waals surface area (Å²) in [7, 11) is 3.35. The molecule has 0 heterocycles. The van der Waals surface area contributed by atoms with Gasteiger partial charge in [0.15, 0.2) is 11.5 Å². The van der Waals surface area contributed by atoms with E-state index in [1.165, 1.54) is 5.56 Å². The molecule has 0 aromatic heterocycles. The van der Waals surface area contributed by atoms with E-state index in [9.17, 15) is 4.79 Å². The van der Waals surface area contributed by atoms with Crippen LogP contribution in [0.1, 0.15) is 57.9 Å². The minimum absolute atomic E-state index is 0.00408. The van der Waals surface area contributed by atoms with E-state index in [0.717, 1.165) is 56.4 Å². The van der Waals surface area contributed by atoms with E-state index in [4.69, 9.17) is 19.9 Å². The molecule has 0 spiro atoms. The first-order valence-corrected chi connectivity index (χ1v) is 10.1. The summed E-state index contributed by atoms with van der Waals surface area (Å²) in [5, 5.41) is 0. The van der Waals surface area contributed by atoms with E-state index in [1.807, 2.05) is 6.07 Å². The highest BCUT2D eigenvalue weighted by atomic mass is 16.5. The van der Waals surface area contributed by atoms with E-state index in [0.29, 0.717) is 19.1 Å². The van der Waals surface area contributed by atoms with Crippen molar-refractivity contribution < 1.29 is 19.0 Å². The standard InChI is InChI=1S/C22H37NO4/c1-17(2)19(22(23)24)11-8-6-5-7-10-18-12-13-20(26-4)21(16-18)27-15-9-14-25-3/h12-13,16-17,19H,5-11,14-15H2,1-4H3,(H2,23,24). The second-order valence-corrected chi connectivity index (χ2v) is 7.39. The molecule has 0 aliphatic carbocycles. The first kappa shape index (κ1) is 23.3.